The van der Waals surface area contributed by atoms with Gasteiger partial charge in [-0.15, -0.1) is 0 Å². The van der Waals surface area contributed by atoms with Gasteiger partial charge in [-0.1, -0.05) is 48.0 Å². The molecule has 1 amide bonds. The molecule has 0 spiro atoms. The molecule has 0 unspecified atom stereocenters. The van der Waals surface area contributed by atoms with E-state index in [1.54, 1.807) is 30.3 Å². The Bertz CT molecular complexity index is 912. The maximum atomic E-state index is 12.7. The number of ether oxygens (including phenoxy) is 1. The molecule has 0 aliphatic carbocycles. The summed E-state index contributed by atoms with van der Waals surface area (Å²) in [5.74, 6) is 0.0867. The van der Waals surface area contributed by atoms with Crippen LogP contribution in [0.5, 0.6) is 5.75 Å². The van der Waals surface area contributed by atoms with Crippen molar-refractivity contribution in [3.05, 3.63) is 76.7 Å². The lowest BCUT2D eigenvalue weighted by atomic mass is 10.2. The summed E-state index contributed by atoms with van der Waals surface area (Å²) in [5, 5.41) is 1.68. The third-order valence-electron chi connectivity index (χ3n) is 3.99. The van der Waals surface area contributed by atoms with Crippen molar-refractivity contribution in [2.75, 3.05) is 12.4 Å². The zero-order chi connectivity index (χ0) is 18.6. The molecule has 5 nitrogen and oxygen atoms in total. The van der Waals surface area contributed by atoms with Crippen LogP contribution in [0.15, 0.2) is 66.1 Å². The Kier molecular flexibility index (Phi) is 5.64. The molecule has 0 aromatic heterocycles. The fraction of sp³-hybridized carbons (Fsp3) is 0.211. The molecule has 3 rings (SSSR count). The Morgan fingerprint density at radius 2 is 1.92 bits per heavy atom. The summed E-state index contributed by atoms with van der Waals surface area (Å²) >= 11 is 5.91. The lowest BCUT2D eigenvalue weighted by Crippen LogP contribution is -2.42. The molecule has 2 aromatic rings. The third-order valence-corrected chi connectivity index (χ3v) is 5.60. The molecular formula is C19H18ClNO4S. The third kappa shape index (κ3) is 4.86. The molecule has 1 aliphatic rings. The molecule has 0 fully saturated rings. The molecule has 0 N–H and O–H groups in total. The van der Waals surface area contributed by atoms with Gasteiger partial charge in [-0.3, -0.25) is 4.79 Å². The first-order valence-corrected chi connectivity index (χ1v) is 10.1. The number of carbonyl (C=O) groups is 1. The molecule has 0 radical (unpaired) electrons. The number of halogens is 1. The van der Waals surface area contributed by atoms with Gasteiger partial charge < -0.3 is 9.64 Å². The molecular weight excluding hydrogens is 374 g/mol. The Morgan fingerprint density at radius 3 is 2.58 bits per heavy atom. The summed E-state index contributed by atoms with van der Waals surface area (Å²) < 4.78 is 29.1. The summed E-state index contributed by atoms with van der Waals surface area (Å²) in [6.07, 6.45) is 1.55. The molecule has 0 saturated carbocycles. The van der Waals surface area contributed by atoms with E-state index in [9.17, 15) is 13.2 Å². The highest BCUT2D eigenvalue weighted by molar-refractivity contribution is 7.94. The lowest BCUT2D eigenvalue weighted by molar-refractivity contribution is -0.135. The first-order valence-electron chi connectivity index (χ1n) is 8.06. The van der Waals surface area contributed by atoms with Gasteiger partial charge >= 0.3 is 0 Å². The SMILES string of the molecule is O=C(COc1cccc(Cl)c1)N(Cc1ccccc1)[C@H]1C=CS(=O)(=O)C1. The van der Waals surface area contributed by atoms with Gasteiger partial charge in [0.2, 0.25) is 0 Å². The van der Waals surface area contributed by atoms with Crippen molar-refractivity contribution < 1.29 is 17.9 Å². The predicted octanol–water partition coefficient (Wildman–Crippen LogP) is 3.06. The first-order chi connectivity index (χ1) is 12.4. The van der Waals surface area contributed by atoms with Gasteiger partial charge in [0, 0.05) is 17.0 Å². The fourth-order valence-electron chi connectivity index (χ4n) is 2.71. The minimum absolute atomic E-state index is 0.108. The monoisotopic (exact) mass is 391 g/mol. The average Bonchev–Trinajstić information content (AvgIpc) is 2.98. The second-order valence-corrected chi connectivity index (χ2v) is 8.35. The van der Waals surface area contributed by atoms with Gasteiger partial charge in [-0.25, -0.2) is 8.42 Å². The summed E-state index contributed by atoms with van der Waals surface area (Å²) in [7, 11) is -3.27. The fourth-order valence-corrected chi connectivity index (χ4v) is 4.19. The zero-order valence-corrected chi connectivity index (χ0v) is 15.5. The Labute approximate surface area is 157 Å². The summed E-state index contributed by atoms with van der Waals surface area (Å²) in [6.45, 7) is 0.112. The topological polar surface area (TPSA) is 63.7 Å². The average molecular weight is 392 g/mol. The van der Waals surface area contributed by atoms with Crippen LogP contribution in [0.2, 0.25) is 5.02 Å². The van der Waals surface area contributed by atoms with Crippen LogP contribution in [-0.4, -0.2) is 37.6 Å². The second-order valence-electron chi connectivity index (χ2n) is 5.98. The van der Waals surface area contributed by atoms with Crippen LogP contribution in [0.4, 0.5) is 0 Å². The molecule has 26 heavy (non-hydrogen) atoms. The first kappa shape index (κ1) is 18.5. The van der Waals surface area contributed by atoms with Gasteiger partial charge in [0.1, 0.15) is 5.75 Å². The van der Waals surface area contributed by atoms with Crippen LogP contribution in [-0.2, 0) is 21.2 Å². The van der Waals surface area contributed by atoms with Gasteiger partial charge in [-0.2, -0.15) is 0 Å². The molecule has 2 aromatic carbocycles. The molecule has 1 heterocycles. The van der Waals surface area contributed by atoms with E-state index in [4.69, 9.17) is 16.3 Å². The van der Waals surface area contributed by atoms with Crippen molar-refractivity contribution in [2.45, 2.75) is 12.6 Å². The van der Waals surface area contributed by atoms with Crippen LogP contribution < -0.4 is 4.74 Å². The minimum atomic E-state index is -3.27. The number of amides is 1. The van der Waals surface area contributed by atoms with E-state index in [-0.39, 0.29) is 18.3 Å². The summed E-state index contributed by atoms with van der Waals surface area (Å²) in [4.78, 5) is 14.3. The van der Waals surface area contributed by atoms with Gasteiger partial charge in [0.05, 0.1) is 11.8 Å². The number of carbonyl (C=O) groups excluding carboxylic acids is 1. The molecule has 1 atom stereocenters. The number of benzene rings is 2. The van der Waals surface area contributed by atoms with Crippen LogP contribution in [0.3, 0.4) is 0 Å². The van der Waals surface area contributed by atoms with E-state index >= 15 is 0 Å². The second kappa shape index (κ2) is 7.93. The van der Waals surface area contributed by atoms with Gasteiger partial charge in [0.15, 0.2) is 16.4 Å². The van der Waals surface area contributed by atoms with Crippen LogP contribution in [0.25, 0.3) is 0 Å². The number of rotatable bonds is 6. The van der Waals surface area contributed by atoms with Crippen molar-refractivity contribution in [2.24, 2.45) is 0 Å². The number of nitrogens with zero attached hydrogens (tertiary/aromatic N) is 1. The van der Waals surface area contributed by atoms with Crippen molar-refractivity contribution in [1.82, 2.24) is 4.90 Å². The maximum Gasteiger partial charge on any atom is 0.261 e. The maximum absolute atomic E-state index is 12.7. The number of hydrogen-bond donors (Lipinski definition) is 0. The molecule has 136 valence electrons. The van der Waals surface area contributed by atoms with E-state index < -0.39 is 15.9 Å². The van der Waals surface area contributed by atoms with E-state index in [0.29, 0.717) is 17.3 Å². The lowest BCUT2D eigenvalue weighted by Gasteiger charge is -2.27. The molecule has 1 aliphatic heterocycles. The number of hydrogen-bond acceptors (Lipinski definition) is 4. The van der Waals surface area contributed by atoms with E-state index in [0.717, 1.165) is 5.56 Å². The molecule has 0 saturated heterocycles. The summed E-state index contributed by atoms with van der Waals surface area (Å²) in [5.41, 5.74) is 0.918. The van der Waals surface area contributed by atoms with Crippen LogP contribution in [0, 0.1) is 0 Å². The standard InChI is InChI=1S/C19H18ClNO4S/c20-16-7-4-8-18(11-16)25-13-19(22)21(12-15-5-2-1-3-6-15)17-9-10-26(23,24)14-17/h1-11,17H,12-14H2/t17-/m0/s1. The van der Waals surface area contributed by atoms with Gasteiger partial charge in [0.25, 0.3) is 5.91 Å². The normalized spacial score (nSPS) is 17.8. The van der Waals surface area contributed by atoms with Crippen molar-refractivity contribution in [1.29, 1.82) is 0 Å². The van der Waals surface area contributed by atoms with E-state index in [1.807, 2.05) is 30.3 Å². The highest BCUT2D eigenvalue weighted by Gasteiger charge is 2.30. The number of sulfone groups is 1. The quantitative estimate of drug-likeness (QED) is 0.759. The minimum Gasteiger partial charge on any atom is -0.484 e. The van der Waals surface area contributed by atoms with Crippen LogP contribution in [0.1, 0.15) is 5.56 Å². The van der Waals surface area contributed by atoms with Crippen molar-refractivity contribution in [3.63, 3.8) is 0 Å². The highest BCUT2D eigenvalue weighted by atomic mass is 35.5. The summed E-state index contributed by atoms with van der Waals surface area (Å²) in [6, 6.07) is 15.7. The van der Waals surface area contributed by atoms with E-state index in [1.165, 1.54) is 10.3 Å². The smallest absolute Gasteiger partial charge is 0.261 e. The van der Waals surface area contributed by atoms with Gasteiger partial charge in [-0.05, 0) is 29.8 Å². The zero-order valence-electron chi connectivity index (χ0n) is 13.9. The van der Waals surface area contributed by atoms with E-state index in [2.05, 4.69) is 0 Å². The molecule has 7 heteroatoms. The Balaban J connectivity index is 1.74. The largest absolute Gasteiger partial charge is 0.484 e. The highest BCUT2D eigenvalue weighted by Crippen LogP contribution is 2.20. The van der Waals surface area contributed by atoms with Crippen molar-refractivity contribution in [3.8, 4) is 5.75 Å². The molecule has 0 bridgehead atoms. The predicted molar refractivity (Wildman–Crippen MR) is 101 cm³/mol. The van der Waals surface area contributed by atoms with Crippen LogP contribution >= 0.6 is 11.6 Å². The Morgan fingerprint density at radius 1 is 1.15 bits per heavy atom. The Hall–Kier alpha value is -2.31. The van der Waals surface area contributed by atoms with Crippen molar-refractivity contribution >= 4 is 27.3 Å².